The van der Waals surface area contributed by atoms with Crippen molar-refractivity contribution >= 4 is 17.9 Å². The van der Waals surface area contributed by atoms with E-state index in [0.29, 0.717) is 18.9 Å². The standard InChI is InChI=1S/C14H27N3O4/c1-8(2)6-11(13(19)20)17-14(21)16-10(5)12(18)15-7-9(3)4/h8-11H,6-7H2,1-5H3,(H,15,18)(H,19,20)(H2,16,17,21)/t10?,11-/m1/s1. The van der Waals surface area contributed by atoms with Crippen LogP contribution in [0, 0.1) is 11.8 Å². The van der Waals surface area contributed by atoms with Crippen LogP contribution >= 0.6 is 0 Å². The molecule has 122 valence electrons. The molecule has 2 atom stereocenters. The van der Waals surface area contributed by atoms with Crippen LogP contribution in [0.15, 0.2) is 0 Å². The second-order valence-electron chi connectivity index (χ2n) is 6.00. The van der Waals surface area contributed by atoms with Crippen LogP contribution in [0.3, 0.4) is 0 Å². The van der Waals surface area contributed by atoms with Gasteiger partial charge in [0.1, 0.15) is 12.1 Å². The molecule has 0 saturated carbocycles. The largest absolute Gasteiger partial charge is 0.480 e. The summed E-state index contributed by atoms with van der Waals surface area (Å²) in [7, 11) is 0. The van der Waals surface area contributed by atoms with Crippen LogP contribution < -0.4 is 16.0 Å². The van der Waals surface area contributed by atoms with Crippen LogP contribution in [0.4, 0.5) is 4.79 Å². The van der Waals surface area contributed by atoms with Crippen molar-refractivity contribution in [2.24, 2.45) is 11.8 Å². The SMILES string of the molecule is CC(C)CNC(=O)C(C)NC(=O)N[C@H](CC(C)C)C(=O)O. The fourth-order valence-electron chi connectivity index (χ4n) is 1.61. The number of hydrogen-bond acceptors (Lipinski definition) is 3. The Hall–Kier alpha value is -1.79. The van der Waals surface area contributed by atoms with Gasteiger partial charge in [0.25, 0.3) is 0 Å². The first-order valence-corrected chi connectivity index (χ1v) is 7.21. The summed E-state index contributed by atoms with van der Waals surface area (Å²) in [6, 6.07) is -2.34. The molecule has 0 aromatic heterocycles. The van der Waals surface area contributed by atoms with Crippen LogP contribution in [-0.4, -0.2) is 41.6 Å². The number of aliphatic carboxylic acids is 1. The maximum atomic E-state index is 11.7. The van der Waals surface area contributed by atoms with E-state index in [9.17, 15) is 14.4 Å². The van der Waals surface area contributed by atoms with Crippen molar-refractivity contribution in [3.63, 3.8) is 0 Å². The fraction of sp³-hybridized carbons (Fsp3) is 0.786. The molecule has 21 heavy (non-hydrogen) atoms. The molecular formula is C14H27N3O4. The molecule has 0 fully saturated rings. The number of rotatable bonds is 8. The van der Waals surface area contributed by atoms with Crippen LogP contribution in [0.25, 0.3) is 0 Å². The van der Waals surface area contributed by atoms with E-state index >= 15 is 0 Å². The highest BCUT2D eigenvalue weighted by molar-refractivity contribution is 5.88. The van der Waals surface area contributed by atoms with Gasteiger partial charge in [0.15, 0.2) is 0 Å². The number of carboxylic acid groups (broad SMARTS) is 1. The lowest BCUT2D eigenvalue weighted by molar-refractivity contribution is -0.139. The van der Waals surface area contributed by atoms with Gasteiger partial charge in [-0.15, -0.1) is 0 Å². The minimum Gasteiger partial charge on any atom is -0.480 e. The minimum absolute atomic E-state index is 0.137. The zero-order valence-electron chi connectivity index (χ0n) is 13.4. The highest BCUT2D eigenvalue weighted by atomic mass is 16.4. The van der Waals surface area contributed by atoms with Gasteiger partial charge < -0.3 is 21.1 Å². The zero-order valence-corrected chi connectivity index (χ0v) is 13.4. The first-order valence-electron chi connectivity index (χ1n) is 7.21. The Morgan fingerprint density at radius 1 is 0.952 bits per heavy atom. The molecule has 0 aliphatic rings. The Balaban J connectivity index is 4.33. The summed E-state index contributed by atoms with van der Waals surface area (Å²) in [5, 5.41) is 16.5. The Morgan fingerprint density at radius 2 is 1.52 bits per heavy atom. The summed E-state index contributed by atoms with van der Waals surface area (Å²) >= 11 is 0. The Bertz CT molecular complexity index is 369. The molecule has 0 rings (SSSR count). The first kappa shape index (κ1) is 19.2. The lowest BCUT2D eigenvalue weighted by atomic mass is 10.0. The molecule has 3 amide bonds. The van der Waals surface area contributed by atoms with Crippen molar-refractivity contribution in [2.75, 3.05) is 6.54 Å². The van der Waals surface area contributed by atoms with E-state index in [-0.39, 0.29) is 11.8 Å². The van der Waals surface area contributed by atoms with Gasteiger partial charge in [-0.2, -0.15) is 0 Å². The predicted octanol–water partition coefficient (Wildman–Crippen LogP) is 0.946. The molecule has 0 aromatic rings. The molecule has 0 aliphatic heterocycles. The van der Waals surface area contributed by atoms with E-state index < -0.39 is 24.1 Å². The fourth-order valence-corrected chi connectivity index (χ4v) is 1.61. The topological polar surface area (TPSA) is 108 Å². The van der Waals surface area contributed by atoms with E-state index in [1.807, 2.05) is 27.7 Å². The number of carboxylic acids is 1. The van der Waals surface area contributed by atoms with E-state index in [1.54, 1.807) is 6.92 Å². The van der Waals surface area contributed by atoms with Crippen molar-refractivity contribution in [3.05, 3.63) is 0 Å². The average Bonchev–Trinajstić information content (AvgIpc) is 2.33. The third-order valence-electron chi connectivity index (χ3n) is 2.74. The summed E-state index contributed by atoms with van der Waals surface area (Å²) in [5.74, 6) is -0.930. The summed E-state index contributed by atoms with van der Waals surface area (Å²) in [6.07, 6.45) is 0.330. The number of nitrogens with one attached hydrogen (secondary N) is 3. The highest BCUT2D eigenvalue weighted by Gasteiger charge is 2.23. The van der Waals surface area contributed by atoms with Gasteiger partial charge in [-0.05, 0) is 25.2 Å². The normalized spacial score (nSPS) is 13.7. The Labute approximate surface area is 125 Å². The lowest BCUT2D eigenvalue weighted by Crippen LogP contribution is -2.52. The second-order valence-corrected chi connectivity index (χ2v) is 6.00. The van der Waals surface area contributed by atoms with Crippen molar-refractivity contribution in [3.8, 4) is 0 Å². The van der Waals surface area contributed by atoms with Crippen LogP contribution in [0.5, 0.6) is 0 Å². The quantitative estimate of drug-likeness (QED) is 0.535. The minimum atomic E-state index is -1.09. The monoisotopic (exact) mass is 301 g/mol. The van der Waals surface area contributed by atoms with Crippen LogP contribution in [-0.2, 0) is 9.59 Å². The van der Waals surface area contributed by atoms with Crippen LogP contribution in [0.2, 0.25) is 0 Å². The van der Waals surface area contributed by atoms with Gasteiger partial charge in [-0.1, -0.05) is 27.7 Å². The lowest BCUT2D eigenvalue weighted by Gasteiger charge is -2.19. The van der Waals surface area contributed by atoms with E-state index in [2.05, 4.69) is 16.0 Å². The molecule has 1 unspecified atom stereocenters. The molecule has 0 radical (unpaired) electrons. The smallest absolute Gasteiger partial charge is 0.326 e. The number of amides is 3. The van der Waals surface area contributed by atoms with Crippen molar-refractivity contribution in [2.45, 2.75) is 53.1 Å². The number of carbonyl (C=O) groups is 3. The van der Waals surface area contributed by atoms with Crippen molar-refractivity contribution in [1.29, 1.82) is 0 Å². The van der Waals surface area contributed by atoms with Crippen molar-refractivity contribution in [1.82, 2.24) is 16.0 Å². The molecule has 0 aromatic carbocycles. The van der Waals surface area contributed by atoms with Gasteiger partial charge in [-0.3, -0.25) is 4.79 Å². The highest BCUT2D eigenvalue weighted by Crippen LogP contribution is 2.04. The van der Waals surface area contributed by atoms with Gasteiger partial charge in [0, 0.05) is 6.54 Å². The van der Waals surface area contributed by atoms with Crippen LogP contribution in [0.1, 0.15) is 41.0 Å². The number of hydrogen-bond donors (Lipinski definition) is 4. The molecule has 7 nitrogen and oxygen atoms in total. The van der Waals surface area contributed by atoms with E-state index in [4.69, 9.17) is 5.11 Å². The van der Waals surface area contributed by atoms with Crippen molar-refractivity contribution < 1.29 is 19.5 Å². The first-order chi connectivity index (χ1) is 9.63. The molecule has 7 heteroatoms. The third kappa shape index (κ3) is 8.88. The summed E-state index contributed by atoms with van der Waals surface area (Å²) in [4.78, 5) is 34.5. The summed E-state index contributed by atoms with van der Waals surface area (Å²) in [5.41, 5.74) is 0. The summed E-state index contributed by atoms with van der Waals surface area (Å²) in [6.45, 7) is 9.75. The van der Waals surface area contributed by atoms with E-state index in [0.717, 1.165) is 0 Å². The molecule has 4 N–H and O–H groups in total. The second kappa shape index (κ2) is 9.20. The van der Waals surface area contributed by atoms with E-state index in [1.165, 1.54) is 0 Å². The zero-order chi connectivity index (χ0) is 16.6. The maximum absolute atomic E-state index is 11.7. The molecular weight excluding hydrogens is 274 g/mol. The predicted molar refractivity (Wildman–Crippen MR) is 79.9 cm³/mol. The molecule has 0 heterocycles. The Morgan fingerprint density at radius 3 is 1.95 bits per heavy atom. The third-order valence-corrected chi connectivity index (χ3v) is 2.74. The molecule has 0 aliphatic carbocycles. The number of carbonyl (C=O) groups excluding carboxylic acids is 2. The van der Waals surface area contributed by atoms with Gasteiger partial charge in [0.05, 0.1) is 0 Å². The summed E-state index contributed by atoms with van der Waals surface area (Å²) < 4.78 is 0. The number of urea groups is 1. The molecule has 0 bridgehead atoms. The average molecular weight is 301 g/mol. The molecule has 0 spiro atoms. The molecule has 0 saturated heterocycles. The maximum Gasteiger partial charge on any atom is 0.326 e. The van der Waals surface area contributed by atoms with Gasteiger partial charge >= 0.3 is 12.0 Å². The Kier molecular flexibility index (Phi) is 8.42. The van der Waals surface area contributed by atoms with Gasteiger partial charge in [-0.25, -0.2) is 9.59 Å². The van der Waals surface area contributed by atoms with Gasteiger partial charge in [0.2, 0.25) is 5.91 Å².